The Balaban J connectivity index is 1.49. The van der Waals surface area contributed by atoms with Gasteiger partial charge < -0.3 is 10.1 Å². The lowest BCUT2D eigenvalue weighted by molar-refractivity contribution is -0.384. The Labute approximate surface area is 134 Å². The monoisotopic (exact) mass is 319 g/mol. The van der Waals surface area contributed by atoms with Gasteiger partial charge in [-0.3, -0.25) is 19.8 Å². The molecule has 0 spiro atoms. The zero-order valence-corrected chi connectivity index (χ0v) is 12.9. The number of hydrogen-bond acceptors (Lipinski definition) is 5. The van der Waals surface area contributed by atoms with Crippen LogP contribution >= 0.6 is 0 Å². The molecule has 0 bridgehead atoms. The highest BCUT2D eigenvalue weighted by atomic mass is 16.6. The molecule has 1 saturated carbocycles. The minimum atomic E-state index is -0.413. The van der Waals surface area contributed by atoms with Gasteiger partial charge in [-0.15, -0.1) is 0 Å². The summed E-state index contributed by atoms with van der Waals surface area (Å²) in [5, 5.41) is 13.5. The van der Waals surface area contributed by atoms with Crippen molar-refractivity contribution >= 4 is 11.6 Å². The number of nitro groups is 1. The van der Waals surface area contributed by atoms with Crippen LogP contribution in [-0.2, 0) is 4.79 Å². The predicted octanol–water partition coefficient (Wildman–Crippen LogP) is 1.72. The molecule has 1 N–H and O–H groups in total. The van der Waals surface area contributed by atoms with Crippen molar-refractivity contribution in [1.29, 1.82) is 0 Å². The Morgan fingerprint density at radius 2 is 1.87 bits per heavy atom. The fraction of sp³-hybridized carbons (Fsp3) is 0.562. The fourth-order valence-corrected chi connectivity index (χ4v) is 3.34. The standard InChI is InChI=1S/C16H21N3O4/c20-16-11-18(10-9-17-16)12-1-5-14(6-2-12)23-15-7-3-13(4-8-15)19(21)22/h3-4,7-8,12,14H,1-2,5-6,9-11H2,(H,17,20). The molecule has 0 aromatic heterocycles. The van der Waals surface area contributed by atoms with E-state index in [2.05, 4.69) is 10.2 Å². The topological polar surface area (TPSA) is 84.7 Å². The van der Waals surface area contributed by atoms with Crippen LogP contribution in [0.25, 0.3) is 0 Å². The number of nitro benzene ring substituents is 1. The summed E-state index contributed by atoms with van der Waals surface area (Å²) >= 11 is 0. The van der Waals surface area contributed by atoms with Gasteiger partial charge in [0.25, 0.3) is 5.69 Å². The van der Waals surface area contributed by atoms with Gasteiger partial charge in [0.05, 0.1) is 17.6 Å². The van der Waals surface area contributed by atoms with E-state index in [-0.39, 0.29) is 17.7 Å². The lowest BCUT2D eigenvalue weighted by Crippen LogP contribution is -2.52. The Bertz CT molecular complexity index is 567. The van der Waals surface area contributed by atoms with Crippen LogP contribution in [0, 0.1) is 10.1 Å². The molecule has 7 heteroatoms. The van der Waals surface area contributed by atoms with Gasteiger partial charge in [-0.25, -0.2) is 0 Å². The molecule has 2 aliphatic rings. The Hall–Kier alpha value is -2.15. The molecule has 124 valence electrons. The Morgan fingerprint density at radius 1 is 1.17 bits per heavy atom. The molecular weight excluding hydrogens is 298 g/mol. The number of hydrogen-bond donors (Lipinski definition) is 1. The molecule has 3 rings (SSSR count). The summed E-state index contributed by atoms with van der Waals surface area (Å²) in [6.07, 6.45) is 4.07. The lowest BCUT2D eigenvalue weighted by atomic mass is 9.91. The average Bonchev–Trinajstić information content (AvgIpc) is 2.56. The van der Waals surface area contributed by atoms with E-state index in [0.717, 1.165) is 38.8 Å². The van der Waals surface area contributed by atoms with E-state index < -0.39 is 4.92 Å². The summed E-state index contributed by atoms with van der Waals surface area (Å²) in [4.78, 5) is 24.0. The first-order valence-corrected chi connectivity index (χ1v) is 8.03. The molecule has 1 heterocycles. The number of amides is 1. The maximum atomic E-state index is 11.5. The van der Waals surface area contributed by atoms with E-state index >= 15 is 0 Å². The molecule has 1 aliphatic heterocycles. The molecule has 7 nitrogen and oxygen atoms in total. The number of carbonyl (C=O) groups is 1. The number of carbonyl (C=O) groups excluding carboxylic acids is 1. The van der Waals surface area contributed by atoms with Gasteiger partial charge in [0.2, 0.25) is 5.91 Å². The maximum absolute atomic E-state index is 11.5. The van der Waals surface area contributed by atoms with Crippen LogP contribution in [0.15, 0.2) is 24.3 Å². The third-order valence-electron chi connectivity index (χ3n) is 4.58. The number of nitrogens with zero attached hydrogens (tertiary/aromatic N) is 2. The molecule has 0 radical (unpaired) electrons. The van der Waals surface area contributed by atoms with Gasteiger partial charge >= 0.3 is 0 Å². The molecule has 2 fully saturated rings. The highest BCUT2D eigenvalue weighted by molar-refractivity contribution is 5.78. The van der Waals surface area contributed by atoms with Crippen LogP contribution in [0.1, 0.15) is 25.7 Å². The summed E-state index contributed by atoms with van der Waals surface area (Å²) in [5.41, 5.74) is 0.0735. The van der Waals surface area contributed by atoms with E-state index in [9.17, 15) is 14.9 Å². The van der Waals surface area contributed by atoms with Gasteiger partial charge in [-0.1, -0.05) is 0 Å². The van der Waals surface area contributed by atoms with E-state index in [4.69, 9.17) is 4.74 Å². The van der Waals surface area contributed by atoms with Crippen LogP contribution < -0.4 is 10.1 Å². The van der Waals surface area contributed by atoms with Crippen molar-refractivity contribution in [2.45, 2.75) is 37.8 Å². The molecule has 0 atom stereocenters. The number of nitrogens with one attached hydrogen (secondary N) is 1. The highest BCUT2D eigenvalue weighted by Crippen LogP contribution is 2.27. The van der Waals surface area contributed by atoms with Crippen molar-refractivity contribution < 1.29 is 14.5 Å². The molecule has 1 aromatic carbocycles. The second kappa shape index (κ2) is 6.95. The van der Waals surface area contributed by atoms with Crippen LogP contribution in [0.5, 0.6) is 5.75 Å². The number of piperazine rings is 1. The fourth-order valence-electron chi connectivity index (χ4n) is 3.34. The lowest BCUT2D eigenvalue weighted by Gasteiger charge is -2.38. The van der Waals surface area contributed by atoms with Crippen molar-refractivity contribution in [3.8, 4) is 5.75 Å². The smallest absolute Gasteiger partial charge is 0.269 e. The highest BCUT2D eigenvalue weighted by Gasteiger charge is 2.29. The van der Waals surface area contributed by atoms with Crippen LogP contribution in [0.2, 0.25) is 0 Å². The van der Waals surface area contributed by atoms with Gasteiger partial charge in [-0.05, 0) is 37.8 Å². The van der Waals surface area contributed by atoms with Crippen LogP contribution in [-0.4, -0.2) is 47.5 Å². The second-order valence-electron chi connectivity index (χ2n) is 6.12. The van der Waals surface area contributed by atoms with Crippen LogP contribution in [0.3, 0.4) is 0 Å². The second-order valence-corrected chi connectivity index (χ2v) is 6.12. The average molecular weight is 319 g/mol. The van der Waals surface area contributed by atoms with Gasteiger partial charge in [-0.2, -0.15) is 0 Å². The molecule has 1 saturated heterocycles. The zero-order chi connectivity index (χ0) is 16.2. The molecule has 1 aliphatic carbocycles. The van der Waals surface area contributed by atoms with Crippen LogP contribution in [0.4, 0.5) is 5.69 Å². The van der Waals surface area contributed by atoms with Gasteiger partial charge in [0, 0.05) is 31.3 Å². The number of benzene rings is 1. The number of ether oxygens (including phenoxy) is 1. The number of rotatable bonds is 4. The largest absolute Gasteiger partial charge is 0.490 e. The minimum absolute atomic E-state index is 0.0735. The summed E-state index contributed by atoms with van der Waals surface area (Å²) in [6, 6.07) is 6.69. The van der Waals surface area contributed by atoms with E-state index in [1.54, 1.807) is 12.1 Å². The van der Waals surface area contributed by atoms with E-state index in [1.165, 1.54) is 12.1 Å². The zero-order valence-electron chi connectivity index (χ0n) is 12.9. The van der Waals surface area contributed by atoms with E-state index in [1.807, 2.05) is 0 Å². The third-order valence-corrected chi connectivity index (χ3v) is 4.58. The van der Waals surface area contributed by atoms with E-state index in [0.29, 0.717) is 18.3 Å². The summed E-state index contributed by atoms with van der Waals surface area (Å²) in [6.45, 7) is 2.15. The van der Waals surface area contributed by atoms with Crippen molar-refractivity contribution in [2.75, 3.05) is 19.6 Å². The maximum Gasteiger partial charge on any atom is 0.269 e. The number of non-ortho nitro benzene ring substituents is 1. The van der Waals surface area contributed by atoms with Gasteiger partial charge in [0.15, 0.2) is 0 Å². The van der Waals surface area contributed by atoms with Crippen molar-refractivity contribution in [1.82, 2.24) is 10.2 Å². The SMILES string of the molecule is O=C1CN(C2CCC(Oc3ccc([N+](=O)[O-])cc3)CC2)CCN1. The molecule has 0 unspecified atom stereocenters. The Morgan fingerprint density at radius 3 is 2.48 bits per heavy atom. The summed E-state index contributed by atoms with van der Waals surface area (Å²) in [7, 11) is 0. The van der Waals surface area contributed by atoms with Crippen molar-refractivity contribution in [2.24, 2.45) is 0 Å². The first-order valence-electron chi connectivity index (χ1n) is 8.03. The molecule has 1 aromatic rings. The molecule has 23 heavy (non-hydrogen) atoms. The van der Waals surface area contributed by atoms with Crippen molar-refractivity contribution in [3.05, 3.63) is 34.4 Å². The normalized spacial score (nSPS) is 25.7. The predicted molar refractivity (Wildman–Crippen MR) is 84.4 cm³/mol. The van der Waals surface area contributed by atoms with Gasteiger partial charge in [0.1, 0.15) is 5.75 Å². The first kappa shape index (κ1) is 15.7. The third kappa shape index (κ3) is 3.98. The Kier molecular flexibility index (Phi) is 4.76. The first-order chi connectivity index (χ1) is 11.1. The quantitative estimate of drug-likeness (QED) is 0.674. The van der Waals surface area contributed by atoms with Crippen molar-refractivity contribution in [3.63, 3.8) is 0 Å². The summed E-state index contributed by atoms with van der Waals surface area (Å²) in [5.74, 6) is 0.789. The summed E-state index contributed by atoms with van der Waals surface area (Å²) < 4.78 is 5.93. The molecule has 1 amide bonds. The minimum Gasteiger partial charge on any atom is -0.490 e. The molecular formula is C16H21N3O4.